The van der Waals surface area contributed by atoms with Gasteiger partial charge in [-0.15, -0.1) is 0 Å². The van der Waals surface area contributed by atoms with Gasteiger partial charge in [-0.25, -0.2) is 9.50 Å². The molecule has 1 saturated heterocycles. The number of fused-ring (bicyclic) bond motifs is 1. The molecule has 0 bridgehead atoms. The van der Waals surface area contributed by atoms with Crippen LogP contribution in [0.5, 0.6) is 0 Å². The molecular formula is C27H30N8O2. The summed E-state index contributed by atoms with van der Waals surface area (Å²) in [7, 11) is 3.47. The molecule has 190 valence electrons. The van der Waals surface area contributed by atoms with E-state index in [2.05, 4.69) is 27.2 Å². The van der Waals surface area contributed by atoms with Gasteiger partial charge in [0.15, 0.2) is 0 Å². The fraction of sp³-hybridized carbons (Fsp3) is 0.370. The third kappa shape index (κ3) is 4.66. The number of amides is 1. The monoisotopic (exact) mass is 498 g/mol. The summed E-state index contributed by atoms with van der Waals surface area (Å²) in [6.45, 7) is 6.66. The number of piperazine rings is 1. The number of aryl methyl sites for hydroxylation is 1. The van der Waals surface area contributed by atoms with E-state index >= 15 is 0 Å². The summed E-state index contributed by atoms with van der Waals surface area (Å²) in [5, 5.41) is 18.4. The number of carbonyl (C=O) groups excluding carboxylic acids is 1. The summed E-state index contributed by atoms with van der Waals surface area (Å²) >= 11 is 0. The zero-order valence-electron chi connectivity index (χ0n) is 21.5. The van der Waals surface area contributed by atoms with Gasteiger partial charge in [-0.3, -0.25) is 9.48 Å². The van der Waals surface area contributed by atoms with E-state index in [-0.39, 0.29) is 11.8 Å². The molecule has 10 nitrogen and oxygen atoms in total. The van der Waals surface area contributed by atoms with E-state index in [0.29, 0.717) is 31.7 Å². The van der Waals surface area contributed by atoms with Crippen LogP contribution in [0, 0.1) is 17.2 Å². The van der Waals surface area contributed by atoms with Crippen molar-refractivity contribution in [2.45, 2.75) is 20.0 Å². The number of ether oxygens (including phenoxy) is 1. The molecule has 5 heterocycles. The molecule has 0 aromatic carbocycles. The normalized spacial score (nSPS) is 14.8. The molecule has 0 spiro atoms. The van der Waals surface area contributed by atoms with Crippen LogP contribution in [0.1, 0.15) is 19.4 Å². The van der Waals surface area contributed by atoms with Crippen LogP contribution in [0.3, 0.4) is 0 Å². The van der Waals surface area contributed by atoms with Gasteiger partial charge >= 0.3 is 0 Å². The molecule has 0 saturated carbocycles. The zero-order chi connectivity index (χ0) is 26.1. The Morgan fingerprint density at radius 3 is 2.41 bits per heavy atom. The molecule has 4 aromatic heterocycles. The molecule has 1 aliphatic heterocycles. The molecule has 1 aliphatic rings. The first-order valence-corrected chi connectivity index (χ1v) is 12.3. The minimum atomic E-state index is -0.412. The number of rotatable bonds is 6. The number of pyridine rings is 2. The summed E-state index contributed by atoms with van der Waals surface area (Å²) in [5.74, 6) is 1.04. The quantitative estimate of drug-likeness (QED) is 0.402. The van der Waals surface area contributed by atoms with E-state index in [0.717, 1.165) is 33.6 Å². The van der Waals surface area contributed by atoms with Crippen molar-refractivity contribution in [2.75, 3.05) is 38.2 Å². The molecule has 37 heavy (non-hydrogen) atoms. The predicted molar refractivity (Wildman–Crippen MR) is 140 cm³/mol. The molecule has 0 aliphatic carbocycles. The Labute approximate surface area is 215 Å². The maximum absolute atomic E-state index is 12.8. The van der Waals surface area contributed by atoms with Crippen LogP contribution in [0.2, 0.25) is 0 Å². The number of methoxy groups -OCH3 is 1. The van der Waals surface area contributed by atoms with Gasteiger partial charge in [0.05, 0.1) is 23.5 Å². The van der Waals surface area contributed by atoms with Crippen molar-refractivity contribution < 1.29 is 9.53 Å². The predicted octanol–water partition coefficient (Wildman–Crippen LogP) is 2.99. The van der Waals surface area contributed by atoms with Crippen molar-refractivity contribution in [1.29, 1.82) is 5.26 Å². The summed E-state index contributed by atoms with van der Waals surface area (Å²) in [6.07, 6.45) is 8.67. The number of hydrogen-bond acceptors (Lipinski definition) is 7. The standard InChI is InChI=1S/C27H30N8O2/c1-18(2)26(37-4)27(36)34-9-7-33(8-10-34)24-6-5-19(13-29-24)23-11-20(22-15-30-32(3)16-22)17-35-25(23)21(12-28)14-31-35/h5-6,11,13-18,26H,7-10H2,1-4H3. The lowest BCUT2D eigenvalue weighted by atomic mass is 10.0. The van der Waals surface area contributed by atoms with Gasteiger partial charge in [0, 0.05) is 81.2 Å². The number of carbonyl (C=O) groups is 1. The molecule has 0 N–H and O–H groups in total. The Morgan fingerprint density at radius 2 is 1.81 bits per heavy atom. The highest BCUT2D eigenvalue weighted by atomic mass is 16.5. The maximum Gasteiger partial charge on any atom is 0.252 e. The molecule has 0 radical (unpaired) electrons. The number of hydrogen-bond donors (Lipinski definition) is 0. The topological polar surface area (TPSA) is 105 Å². The van der Waals surface area contributed by atoms with Gasteiger partial charge in [-0.2, -0.15) is 15.5 Å². The second kappa shape index (κ2) is 10.0. The number of nitriles is 1. The second-order valence-corrected chi connectivity index (χ2v) is 9.63. The lowest BCUT2D eigenvalue weighted by Gasteiger charge is -2.37. The van der Waals surface area contributed by atoms with Gasteiger partial charge in [0.25, 0.3) is 5.91 Å². The van der Waals surface area contributed by atoms with Crippen LogP contribution in [0.4, 0.5) is 5.82 Å². The Morgan fingerprint density at radius 1 is 1.03 bits per heavy atom. The van der Waals surface area contributed by atoms with Crippen LogP contribution in [-0.4, -0.2) is 74.6 Å². The summed E-state index contributed by atoms with van der Waals surface area (Å²) < 4.78 is 8.92. The van der Waals surface area contributed by atoms with E-state index in [1.54, 1.807) is 28.7 Å². The third-order valence-corrected chi connectivity index (χ3v) is 6.85. The lowest BCUT2D eigenvalue weighted by Crippen LogP contribution is -2.52. The largest absolute Gasteiger partial charge is 0.371 e. The first-order valence-electron chi connectivity index (χ1n) is 12.3. The minimum Gasteiger partial charge on any atom is -0.371 e. The van der Waals surface area contributed by atoms with Gasteiger partial charge in [0.1, 0.15) is 18.0 Å². The molecule has 5 rings (SSSR count). The van der Waals surface area contributed by atoms with Crippen molar-refractivity contribution in [3.63, 3.8) is 0 Å². The van der Waals surface area contributed by atoms with Gasteiger partial charge in [-0.05, 0) is 24.1 Å². The number of anilines is 1. The highest BCUT2D eigenvalue weighted by molar-refractivity contribution is 5.87. The van der Waals surface area contributed by atoms with Gasteiger partial charge in [0.2, 0.25) is 0 Å². The first-order chi connectivity index (χ1) is 17.9. The van der Waals surface area contributed by atoms with Crippen LogP contribution in [-0.2, 0) is 16.6 Å². The van der Waals surface area contributed by atoms with E-state index in [1.165, 1.54) is 0 Å². The highest BCUT2D eigenvalue weighted by Crippen LogP contribution is 2.32. The summed E-state index contributed by atoms with van der Waals surface area (Å²) in [6, 6.07) is 8.32. The summed E-state index contributed by atoms with van der Waals surface area (Å²) in [4.78, 5) is 21.6. The van der Waals surface area contributed by atoms with Crippen molar-refractivity contribution in [3.05, 3.63) is 54.7 Å². The summed E-state index contributed by atoms with van der Waals surface area (Å²) in [5.41, 5.74) is 4.94. The van der Waals surface area contributed by atoms with E-state index < -0.39 is 6.10 Å². The molecule has 4 aromatic rings. The molecule has 1 fully saturated rings. The Bertz CT molecular complexity index is 1460. The number of nitrogens with zero attached hydrogens (tertiary/aromatic N) is 8. The SMILES string of the molecule is COC(C(=O)N1CCN(c2ccc(-c3cc(-c4cnn(C)c4)cn4ncc(C#N)c34)cn2)CC1)C(C)C. The van der Waals surface area contributed by atoms with Gasteiger partial charge in [-0.1, -0.05) is 13.8 Å². The Kier molecular flexibility index (Phi) is 6.63. The minimum absolute atomic E-state index is 0.0482. The van der Waals surface area contributed by atoms with Gasteiger partial charge < -0.3 is 14.5 Å². The fourth-order valence-electron chi connectivity index (χ4n) is 4.88. The van der Waals surface area contributed by atoms with Crippen LogP contribution in [0.15, 0.2) is 49.2 Å². The van der Waals surface area contributed by atoms with Crippen molar-refractivity contribution in [1.82, 2.24) is 29.3 Å². The number of aromatic nitrogens is 5. The highest BCUT2D eigenvalue weighted by Gasteiger charge is 2.29. The molecule has 10 heteroatoms. The van der Waals surface area contributed by atoms with E-state index in [1.807, 2.05) is 56.5 Å². The average molecular weight is 499 g/mol. The first kappa shape index (κ1) is 24.5. The van der Waals surface area contributed by atoms with Crippen LogP contribution >= 0.6 is 0 Å². The Hall–Kier alpha value is -4.23. The third-order valence-electron chi connectivity index (χ3n) is 6.85. The van der Waals surface area contributed by atoms with Crippen molar-refractivity contribution in [2.24, 2.45) is 13.0 Å². The molecule has 1 atom stereocenters. The smallest absolute Gasteiger partial charge is 0.252 e. The molecule has 1 unspecified atom stereocenters. The van der Waals surface area contributed by atoms with Crippen LogP contribution in [0.25, 0.3) is 27.8 Å². The second-order valence-electron chi connectivity index (χ2n) is 9.63. The van der Waals surface area contributed by atoms with E-state index in [9.17, 15) is 10.1 Å². The lowest BCUT2D eigenvalue weighted by molar-refractivity contribution is -0.144. The average Bonchev–Trinajstić information content (AvgIpc) is 3.54. The Balaban J connectivity index is 1.39. The van der Waals surface area contributed by atoms with Crippen molar-refractivity contribution in [3.8, 4) is 28.3 Å². The zero-order valence-corrected chi connectivity index (χ0v) is 21.5. The molecule has 1 amide bonds. The van der Waals surface area contributed by atoms with Crippen LogP contribution < -0.4 is 4.90 Å². The van der Waals surface area contributed by atoms with Crippen molar-refractivity contribution >= 4 is 17.2 Å². The molecular weight excluding hydrogens is 468 g/mol. The van der Waals surface area contributed by atoms with E-state index in [4.69, 9.17) is 9.72 Å². The maximum atomic E-state index is 12.8. The fourth-order valence-corrected chi connectivity index (χ4v) is 4.88.